The minimum Gasteiger partial charge on any atom is -0.343 e. The van der Waals surface area contributed by atoms with Crippen molar-refractivity contribution in [3.8, 4) is 0 Å². The zero-order valence-electron chi connectivity index (χ0n) is 15.3. The van der Waals surface area contributed by atoms with Gasteiger partial charge in [0.05, 0.1) is 0 Å². The number of hydrogen-bond acceptors (Lipinski definition) is 3. The third kappa shape index (κ3) is 6.29. The molecule has 2 heterocycles. The topological polar surface area (TPSA) is 61.4 Å². The van der Waals surface area contributed by atoms with Crippen LogP contribution in [0.4, 0.5) is 5.69 Å². The van der Waals surface area contributed by atoms with Gasteiger partial charge in [0.15, 0.2) is 0 Å². The maximum Gasteiger partial charge on any atom is 0.224 e. The summed E-state index contributed by atoms with van der Waals surface area (Å²) in [6.07, 6.45) is 6.32. The van der Waals surface area contributed by atoms with Crippen molar-refractivity contribution >= 4 is 29.9 Å². The van der Waals surface area contributed by atoms with Crippen LogP contribution in [0.15, 0.2) is 24.3 Å². The fourth-order valence-corrected chi connectivity index (χ4v) is 3.65. The first kappa shape index (κ1) is 20.7. The molecule has 2 amide bonds. The van der Waals surface area contributed by atoms with Crippen LogP contribution in [0.3, 0.4) is 0 Å². The number of nitrogens with one attached hydrogen (secondary N) is 2. The number of anilines is 1. The van der Waals surface area contributed by atoms with Crippen LogP contribution in [-0.2, 0) is 16.0 Å². The molecule has 0 radical (unpaired) electrons. The third-order valence-electron chi connectivity index (χ3n) is 5.27. The number of likely N-dealkylation sites (tertiary alicyclic amines) is 1. The largest absolute Gasteiger partial charge is 0.343 e. The minimum absolute atomic E-state index is 0. The van der Waals surface area contributed by atoms with E-state index in [4.69, 9.17) is 0 Å². The van der Waals surface area contributed by atoms with E-state index >= 15 is 0 Å². The summed E-state index contributed by atoms with van der Waals surface area (Å²) in [5.74, 6) is 0.987. The van der Waals surface area contributed by atoms with E-state index in [1.807, 2.05) is 29.2 Å². The summed E-state index contributed by atoms with van der Waals surface area (Å²) < 4.78 is 0. The molecule has 1 atom stereocenters. The molecular formula is C20H30ClN3O2. The van der Waals surface area contributed by atoms with Crippen LogP contribution < -0.4 is 10.6 Å². The number of carbonyl (C=O) groups is 2. The second-order valence-corrected chi connectivity index (χ2v) is 7.23. The molecule has 3 rings (SSSR count). The van der Waals surface area contributed by atoms with Crippen LogP contribution in [0.25, 0.3) is 0 Å². The molecule has 5 nitrogen and oxygen atoms in total. The summed E-state index contributed by atoms with van der Waals surface area (Å²) in [5.41, 5.74) is 1.98. The molecular weight excluding hydrogens is 350 g/mol. The lowest BCUT2D eigenvalue weighted by atomic mass is 10.0. The smallest absolute Gasteiger partial charge is 0.224 e. The van der Waals surface area contributed by atoms with Gasteiger partial charge in [-0.1, -0.05) is 12.1 Å². The standard InChI is InChI=1S/C20H29N3O2.ClH/c24-19(9-5-17-11-12-21-15-17)22-18-7-3-16(4-8-18)6-10-20(25)23-13-1-2-14-23;/h3-4,7-8,17,21H,1-2,5-6,9-15H2,(H,22,24);1H. The Hall–Kier alpha value is -1.59. The molecule has 0 saturated carbocycles. The molecule has 0 spiro atoms. The molecule has 2 aliphatic rings. The number of benzene rings is 1. The lowest BCUT2D eigenvalue weighted by Crippen LogP contribution is -2.27. The molecule has 0 bridgehead atoms. The highest BCUT2D eigenvalue weighted by atomic mass is 35.5. The first-order valence-electron chi connectivity index (χ1n) is 9.58. The number of amides is 2. The normalized spacial score (nSPS) is 19.2. The van der Waals surface area contributed by atoms with Gasteiger partial charge in [0.2, 0.25) is 11.8 Å². The highest BCUT2D eigenvalue weighted by Crippen LogP contribution is 2.17. The Morgan fingerprint density at radius 2 is 1.85 bits per heavy atom. The first-order valence-corrected chi connectivity index (χ1v) is 9.58. The number of hydrogen-bond donors (Lipinski definition) is 2. The van der Waals surface area contributed by atoms with Gasteiger partial charge >= 0.3 is 0 Å². The van der Waals surface area contributed by atoms with Crippen LogP contribution in [-0.4, -0.2) is 42.9 Å². The Balaban J connectivity index is 0.00000243. The summed E-state index contributed by atoms with van der Waals surface area (Å²) in [6, 6.07) is 7.89. The van der Waals surface area contributed by atoms with Crippen molar-refractivity contribution in [1.29, 1.82) is 0 Å². The Kier molecular flexibility index (Phi) is 8.39. The van der Waals surface area contributed by atoms with Crippen molar-refractivity contribution < 1.29 is 9.59 Å². The van der Waals surface area contributed by atoms with E-state index < -0.39 is 0 Å². The fourth-order valence-electron chi connectivity index (χ4n) is 3.65. The molecule has 1 unspecified atom stereocenters. The number of aryl methyl sites for hydroxylation is 1. The van der Waals surface area contributed by atoms with Gasteiger partial charge in [-0.2, -0.15) is 0 Å². The van der Waals surface area contributed by atoms with Crippen molar-refractivity contribution in [1.82, 2.24) is 10.2 Å². The maximum absolute atomic E-state index is 12.1. The molecule has 2 fully saturated rings. The van der Waals surface area contributed by atoms with Crippen molar-refractivity contribution in [3.05, 3.63) is 29.8 Å². The zero-order valence-corrected chi connectivity index (χ0v) is 16.2. The number of nitrogens with zero attached hydrogens (tertiary/aromatic N) is 1. The summed E-state index contributed by atoms with van der Waals surface area (Å²) in [7, 11) is 0. The van der Waals surface area contributed by atoms with E-state index in [-0.39, 0.29) is 24.2 Å². The second-order valence-electron chi connectivity index (χ2n) is 7.23. The Labute approximate surface area is 162 Å². The van der Waals surface area contributed by atoms with Crippen LogP contribution in [0.2, 0.25) is 0 Å². The van der Waals surface area contributed by atoms with Crippen molar-refractivity contribution in [2.75, 3.05) is 31.5 Å². The van der Waals surface area contributed by atoms with Gasteiger partial charge in [-0.3, -0.25) is 9.59 Å². The number of carbonyl (C=O) groups excluding carboxylic acids is 2. The van der Waals surface area contributed by atoms with Gasteiger partial charge in [-0.25, -0.2) is 0 Å². The van der Waals surface area contributed by atoms with E-state index in [1.54, 1.807) is 0 Å². The first-order chi connectivity index (χ1) is 12.2. The molecule has 0 aliphatic carbocycles. The third-order valence-corrected chi connectivity index (χ3v) is 5.27. The van der Waals surface area contributed by atoms with Crippen LogP contribution in [0.5, 0.6) is 0 Å². The van der Waals surface area contributed by atoms with Gasteiger partial charge in [0, 0.05) is 31.6 Å². The predicted molar refractivity (Wildman–Crippen MR) is 107 cm³/mol. The van der Waals surface area contributed by atoms with Gasteiger partial charge in [0.1, 0.15) is 0 Å². The molecule has 2 aliphatic heterocycles. The molecule has 2 N–H and O–H groups in total. The van der Waals surface area contributed by atoms with Gasteiger partial charge in [-0.05, 0) is 68.8 Å². The molecule has 26 heavy (non-hydrogen) atoms. The molecule has 1 aromatic carbocycles. The van der Waals surface area contributed by atoms with Gasteiger partial charge in [-0.15, -0.1) is 12.4 Å². The molecule has 2 saturated heterocycles. The molecule has 144 valence electrons. The molecule has 6 heteroatoms. The quantitative estimate of drug-likeness (QED) is 0.765. The summed E-state index contributed by atoms with van der Waals surface area (Å²) in [4.78, 5) is 26.1. The van der Waals surface area contributed by atoms with Gasteiger partial charge < -0.3 is 15.5 Å². The monoisotopic (exact) mass is 379 g/mol. The summed E-state index contributed by atoms with van der Waals surface area (Å²) in [6.45, 7) is 3.95. The molecule has 0 aromatic heterocycles. The summed E-state index contributed by atoms with van der Waals surface area (Å²) >= 11 is 0. The fraction of sp³-hybridized carbons (Fsp3) is 0.600. The van der Waals surface area contributed by atoms with E-state index in [9.17, 15) is 9.59 Å². The maximum atomic E-state index is 12.1. The Bertz CT molecular complexity index is 579. The Morgan fingerprint density at radius 3 is 2.50 bits per heavy atom. The van der Waals surface area contributed by atoms with Crippen molar-refractivity contribution in [3.63, 3.8) is 0 Å². The second kappa shape index (κ2) is 10.5. The average molecular weight is 380 g/mol. The van der Waals surface area contributed by atoms with Crippen LogP contribution in [0.1, 0.15) is 44.1 Å². The SMILES string of the molecule is Cl.O=C(CCC1CCNC1)Nc1ccc(CCC(=O)N2CCCC2)cc1. The minimum atomic E-state index is 0. The van der Waals surface area contributed by atoms with Crippen LogP contribution in [0, 0.1) is 5.92 Å². The van der Waals surface area contributed by atoms with Crippen molar-refractivity contribution in [2.24, 2.45) is 5.92 Å². The lowest BCUT2D eigenvalue weighted by molar-refractivity contribution is -0.130. The zero-order chi connectivity index (χ0) is 17.5. The highest BCUT2D eigenvalue weighted by Gasteiger charge is 2.17. The van der Waals surface area contributed by atoms with Crippen molar-refractivity contribution in [2.45, 2.75) is 44.9 Å². The molecule has 1 aromatic rings. The van der Waals surface area contributed by atoms with E-state index in [0.717, 1.165) is 63.1 Å². The van der Waals surface area contributed by atoms with E-state index in [1.165, 1.54) is 6.42 Å². The number of halogens is 1. The predicted octanol–water partition coefficient (Wildman–Crippen LogP) is 2.99. The Morgan fingerprint density at radius 1 is 1.12 bits per heavy atom. The number of rotatable bonds is 7. The lowest BCUT2D eigenvalue weighted by Gasteiger charge is -2.15. The van der Waals surface area contributed by atoms with Crippen LogP contribution >= 0.6 is 12.4 Å². The highest BCUT2D eigenvalue weighted by molar-refractivity contribution is 5.90. The van der Waals surface area contributed by atoms with E-state index in [0.29, 0.717) is 18.8 Å². The average Bonchev–Trinajstić information content (AvgIpc) is 3.32. The van der Waals surface area contributed by atoms with E-state index in [2.05, 4.69) is 10.6 Å². The van der Waals surface area contributed by atoms with Gasteiger partial charge in [0.25, 0.3) is 0 Å². The summed E-state index contributed by atoms with van der Waals surface area (Å²) in [5, 5.41) is 6.30.